The van der Waals surface area contributed by atoms with Crippen LogP contribution in [0.25, 0.3) is 6.08 Å². The quantitative estimate of drug-likeness (QED) is 0.582. The molecule has 0 unspecified atom stereocenters. The Kier molecular flexibility index (Phi) is 3.37. The molecule has 0 saturated carbocycles. The molecule has 23 heavy (non-hydrogen) atoms. The van der Waals surface area contributed by atoms with Crippen LogP contribution in [0.1, 0.15) is 21.5 Å². The molecule has 2 aromatic carbocycles. The zero-order valence-electron chi connectivity index (χ0n) is 12.5. The van der Waals surface area contributed by atoms with Gasteiger partial charge >= 0.3 is 0 Å². The van der Waals surface area contributed by atoms with Crippen molar-refractivity contribution < 1.29 is 29.6 Å². The van der Waals surface area contributed by atoms with Crippen molar-refractivity contribution in [1.29, 1.82) is 0 Å². The van der Waals surface area contributed by atoms with E-state index in [0.717, 1.165) is 0 Å². The van der Waals surface area contributed by atoms with Gasteiger partial charge in [0, 0.05) is 11.6 Å². The minimum absolute atomic E-state index is 0.0306. The first-order valence-electron chi connectivity index (χ1n) is 6.79. The van der Waals surface area contributed by atoms with Crippen molar-refractivity contribution in [3.8, 4) is 28.7 Å². The first-order valence-corrected chi connectivity index (χ1v) is 6.79. The molecule has 6 heteroatoms. The molecule has 1 aliphatic heterocycles. The lowest BCUT2D eigenvalue weighted by molar-refractivity contribution is 0.101. The third-order valence-electron chi connectivity index (χ3n) is 3.65. The number of ether oxygens (including phenoxy) is 2. The van der Waals surface area contributed by atoms with Gasteiger partial charge in [0.1, 0.15) is 22.8 Å². The average Bonchev–Trinajstić information content (AvgIpc) is 2.84. The first kappa shape index (κ1) is 14.8. The molecule has 0 spiro atoms. The Bertz CT molecular complexity index is 851. The van der Waals surface area contributed by atoms with Crippen LogP contribution in [0, 0.1) is 6.92 Å². The second-order valence-electron chi connectivity index (χ2n) is 5.12. The summed E-state index contributed by atoms with van der Waals surface area (Å²) in [6.07, 6.45) is 1.44. The number of ketones is 1. The Labute approximate surface area is 131 Å². The van der Waals surface area contributed by atoms with Crippen LogP contribution < -0.4 is 9.47 Å². The summed E-state index contributed by atoms with van der Waals surface area (Å²) in [5.41, 5.74) is 1.17. The number of aromatic hydroxyl groups is 3. The Morgan fingerprint density at radius 2 is 1.83 bits per heavy atom. The number of hydrogen-bond acceptors (Lipinski definition) is 6. The SMILES string of the molecule is COc1cc(O)c(C)c2c1C(=O)C(=Cc1ccc(O)c(O)c1)O2. The summed E-state index contributed by atoms with van der Waals surface area (Å²) in [5.74, 6) is -0.446. The lowest BCUT2D eigenvalue weighted by Crippen LogP contribution is -2.00. The number of benzene rings is 2. The molecule has 3 N–H and O–H groups in total. The van der Waals surface area contributed by atoms with Crippen LogP contribution in [0.2, 0.25) is 0 Å². The monoisotopic (exact) mass is 314 g/mol. The van der Waals surface area contributed by atoms with Gasteiger partial charge in [-0.2, -0.15) is 0 Å². The molecule has 0 atom stereocenters. The molecule has 2 aromatic rings. The maximum Gasteiger partial charge on any atom is 0.235 e. The third-order valence-corrected chi connectivity index (χ3v) is 3.65. The van der Waals surface area contributed by atoms with Crippen molar-refractivity contribution in [2.24, 2.45) is 0 Å². The summed E-state index contributed by atoms with van der Waals surface area (Å²) in [4.78, 5) is 12.5. The molecule has 1 heterocycles. The standard InChI is InChI=1S/C17H14O6/c1-8-11(19)7-13(22-2)15-16(21)14(23-17(8)15)6-9-3-4-10(18)12(20)5-9/h3-7,18-20H,1-2H3. The van der Waals surface area contributed by atoms with E-state index in [-0.39, 0.29) is 45.9 Å². The molecule has 0 aliphatic carbocycles. The van der Waals surface area contributed by atoms with Gasteiger partial charge < -0.3 is 24.8 Å². The molecule has 1 aliphatic rings. The predicted molar refractivity (Wildman–Crippen MR) is 82.1 cm³/mol. The van der Waals surface area contributed by atoms with Crippen LogP contribution in [0.15, 0.2) is 30.0 Å². The van der Waals surface area contributed by atoms with Crippen molar-refractivity contribution in [3.63, 3.8) is 0 Å². The molecule has 0 aromatic heterocycles. The number of allylic oxidation sites excluding steroid dienone is 1. The fraction of sp³-hybridized carbons (Fsp3) is 0.118. The van der Waals surface area contributed by atoms with Crippen molar-refractivity contribution in [3.05, 3.63) is 46.7 Å². The van der Waals surface area contributed by atoms with Crippen LogP contribution in [-0.4, -0.2) is 28.2 Å². The maximum atomic E-state index is 12.5. The molecular formula is C17H14O6. The van der Waals surface area contributed by atoms with Crippen LogP contribution in [-0.2, 0) is 0 Å². The van der Waals surface area contributed by atoms with Gasteiger partial charge in [0.15, 0.2) is 17.3 Å². The van der Waals surface area contributed by atoms with E-state index in [1.54, 1.807) is 6.92 Å². The zero-order valence-corrected chi connectivity index (χ0v) is 12.5. The first-order chi connectivity index (χ1) is 10.9. The topological polar surface area (TPSA) is 96.2 Å². The molecule has 6 nitrogen and oxygen atoms in total. The number of Topliss-reactive ketones (excluding diaryl/α,β-unsaturated/α-hetero) is 1. The second-order valence-corrected chi connectivity index (χ2v) is 5.12. The number of rotatable bonds is 2. The lowest BCUT2D eigenvalue weighted by Gasteiger charge is -2.08. The molecule has 0 bridgehead atoms. The summed E-state index contributed by atoms with van der Waals surface area (Å²) in [7, 11) is 1.40. The summed E-state index contributed by atoms with van der Waals surface area (Å²) >= 11 is 0. The number of carbonyl (C=O) groups is 1. The van der Waals surface area contributed by atoms with Crippen LogP contribution in [0.5, 0.6) is 28.7 Å². The summed E-state index contributed by atoms with van der Waals surface area (Å²) in [6, 6.07) is 5.52. The van der Waals surface area contributed by atoms with Crippen molar-refractivity contribution in [1.82, 2.24) is 0 Å². The van der Waals surface area contributed by atoms with Crippen LogP contribution in [0.3, 0.4) is 0 Å². The van der Waals surface area contributed by atoms with E-state index < -0.39 is 0 Å². The van der Waals surface area contributed by atoms with Gasteiger partial charge in [-0.1, -0.05) is 6.07 Å². The minimum atomic E-state index is -0.382. The average molecular weight is 314 g/mol. The summed E-state index contributed by atoms with van der Waals surface area (Å²) in [5, 5.41) is 28.7. The number of fused-ring (bicyclic) bond motifs is 1. The summed E-state index contributed by atoms with van der Waals surface area (Å²) in [6.45, 7) is 1.64. The number of phenols is 3. The fourth-order valence-corrected chi connectivity index (χ4v) is 2.38. The largest absolute Gasteiger partial charge is 0.507 e. The van der Waals surface area contributed by atoms with E-state index in [1.165, 1.54) is 37.5 Å². The van der Waals surface area contributed by atoms with Crippen molar-refractivity contribution in [2.75, 3.05) is 7.11 Å². The Morgan fingerprint density at radius 3 is 2.48 bits per heavy atom. The highest BCUT2D eigenvalue weighted by Gasteiger charge is 2.34. The number of hydrogen-bond donors (Lipinski definition) is 3. The Hall–Kier alpha value is -3.15. The van der Waals surface area contributed by atoms with Gasteiger partial charge in [0.25, 0.3) is 0 Å². The summed E-state index contributed by atoms with van der Waals surface area (Å²) < 4.78 is 10.7. The van der Waals surface area contributed by atoms with E-state index in [1.807, 2.05) is 0 Å². The highest BCUT2D eigenvalue weighted by atomic mass is 16.5. The fourth-order valence-electron chi connectivity index (χ4n) is 2.38. The van der Waals surface area contributed by atoms with Gasteiger partial charge in [-0.05, 0) is 30.7 Å². The highest BCUT2D eigenvalue weighted by Crippen LogP contribution is 2.44. The zero-order chi connectivity index (χ0) is 16.7. The molecule has 0 fully saturated rings. The van der Waals surface area contributed by atoms with Gasteiger partial charge in [-0.25, -0.2) is 0 Å². The van der Waals surface area contributed by atoms with Gasteiger partial charge in [-0.15, -0.1) is 0 Å². The van der Waals surface area contributed by atoms with Crippen molar-refractivity contribution in [2.45, 2.75) is 6.92 Å². The lowest BCUT2D eigenvalue weighted by atomic mass is 10.0. The molecule has 118 valence electrons. The number of phenolic OH excluding ortho intramolecular Hbond substituents is 3. The van der Waals surface area contributed by atoms with E-state index in [4.69, 9.17) is 9.47 Å². The van der Waals surface area contributed by atoms with E-state index in [9.17, 15) is 20.1 Å². The molecule has 0 saturated heterocycles. The molecule has 3 rings (SSSR count). The number of methoxy groups -OCH3 is 1. The predicted octanol–water partition coefficient (Wildman–Crippen LogP) is 2.74. The van der Waals surface area contributed by atoms with E-state index in [0.29, 0.717) is 11.1 Å². The normalized spacial score (nSPS) is 14.7. The highest BCUT2D eigenvalue weighted by molar-refractivity contribution is 6.16. The molecule has 0 amide bonds. The Balaban J connectivity index is 2.08. The van der Waals surface area contributed by atoms with Gasteiger partial charge in [0.2, 0.25) is 5.78 Å². The Morgan fingerprint density at radius 1 is 1.09 bits per heavy atom. The van der Waals surface area contributed by atoms with Crippen molar-refractivity contribution >= 4 is 11.9 Å². The van der Waals surface area contributed by atoms with E-state index in [2.05, 4.69) is 0 Å². The van der Waals surface area contributed by atoms with E-state index >= 15 is 0 Å². The van der Waals surface area contributed by atoms with Crippen LogP contribution >= 0.6 is 0 Å². The van der Waals surface area contributed by atoms with Gasteiger partial charge in [-0.3, -0.25) is 4.79 Å². The minimum Gasteiger partial charge on any atom is -0.507 e. The van der Waals surface area contributed by atoms with Gasteiger partial charge in [0.05, 0.1) is 7.11 Å². The number of carbonyl (C=O) groups excluding carboxylic acids is 1. The smallest absolute Gasteiger partial charge is 0.235 e. The maximum absolute atomic E-state index is 12.5. The third kappa shape index (κ3) is 2.34. The second kappa shape index (κ2) is 5.24. The van der Waals surface area contributed by atoms with Crippen LogP contribution in [0.4, 0.5) is 0 Å². The molecular weight excluding hydrogens is 300 g/mol. The molecule has 0 radical (unpaired) electrons.